The van der Waals surface area contributed by atoms with Gasteiger partial charge in [0.05, 0.1) is 11.6 Å². The van der Waals surface area contributed by atoms with E-state index in [1.165, 1.54) is 28.4 Å². The standard InChI is InChI=1S/C16H13ClFNO2S/c1-9-3-5-11(21-9)8-19(2)16(20)15-14(17)12-6-4-10(18)7-13(12)22-15/h3-7H,8H2,1-2H3. The number of thiophene rings is 1. The van der Waals surface area contributed by atoms with Gasteiger partial charge in [-0.2, -0.15) is 0 Å². The third-order valence-corrected chi connectivity index (χ3v) is 4.97. The second-order valence-electron chi connectivity index (χ2n) is 5.06. The third kappa shape index (κ3) is 2.74. The molecule has 114 valence electrons. The highest BCUT2D eigenvalue weighted by atomic mass is 35.5. The first-order valence-corrected chi connectivity index (χ1v) is 7.83. The molecule has 3 rings (SSSR count). The van der Waals surface area contributed by atoms with E-state index in [-0.39, 0.29) is 11.7 Å². The molecule has 0 aliphatic carbocycles. The van der Waals surface area contributed by atoms with Crippen LogP contribution in [0.5, 0.6) is 0 Å². The van der Waals surface area contributed by atoms with Crippen LogP contribution in [0.25, 0.3) is 10.1 Å². The van der Waals surface area contributed by atoms with Crippen molar-refractivity contribution in [3.63, 3.8) is 0 Å². The molecule has 0 aliphatic heterocycles. The minimum atomic E-state index is -0.344. The Morgan fingerprint density at radius 3 is 2.82 bits per heavy atom. The maximum absolute atomic E-state index is 13.3. The fraction of sp³-hybridized carbons (Fsp3) is 0.188. The van der Waals surface area contributed by atoms with Gasteiger partial charge in [0.15, 0.2) is 0 Å². The van der Waals surface area contributed by atoms with Gasteiger partial charge in [0.25, 0.3) is 5.91 Å². The Morgan fingerprint density at radius 2 is 2.14 bits per heavy atom. The monoisotopic (exact) mass is 337 g/mol. The van der Waals surface area contributed by atoms with Gasteiger partial charge in [-0.25, -0.2) is 4.39 Å². The number of hydrogen-bond donors (Lipinski definition) is 0. The molecule has 0 spiro atoms. The lowest BCUT2D eigenvalue weighted by Gasteiger charge is -2.14. The van der Waals surface area contributed by atoms with Crippen LogP contribution in [0.4, 0.5) is 4.39 Å². The fourth-order valence-corrected chi connectivity index (χ4v) is 3.76. The molecule has 0 unspecified atom stereocenters. The van der Waals surface area contributed by atoms with Crippen LogP contribution in [0, 0.1) is 12.7 Å². The van der Waals surface area contributed by atoms with E-state index >= 15 is 0 Å². The molecule has 0 saturated heterocycles. The number of halogens is 2. The van der Waals surface area contributed by atoms with Crippen LogP contribution < -0.4 is 0 Å². The summed E-state index contributed by atoms with van der Waals surface area (Å²) in [5.41, 5.74) is 0. The van der Waals surface area contributed by atoms with Crippen molar-refractivity contribution in [3.05, 3.63) is 57.6 Å². The topological polar surface area (TPSA) is 33.5 Å². The largest absolute Gasteiger partial charge is 0.464 e. The summed E-state index contributed by atoms with van der Waals surface area (Å²) < 4.78 is 19.4. The lowest BCUT2D eigenvalue weighted by molar-refractivity contribution is 0.0780. The van der Waals surface area contributed by atoms with Gasteiger partial charge in [-0.15, -0.1) is 11.3 Å². The second-order valence-corrected chi connectivity index (χ2v) is 6.49. The molecule has 0 saturated carbocycles. The zero-order valence-electron chi connectivity index (χ0n) is 12.0. The molecule has 0 fully saturated rings. The van der Waals surface area contributed by atoms with Crippen molar-refractivity contribution in [1.82, 2.24) is 4.90 Å². The predicted octanol–water partition coefficient (Wildman–Crippen LogP) is 4.87. The number of carbonyl (C=O) groups is 1. The van der Waals surface area contributed by atoms with E-state index in [0.717, 1.165) is 5.76 Å². The van der Waals surface area contributed by atoms with Gasteiger partial charge >= 0.3 is 0 Å². The lowest BCUT2D eigenvalue weighted by Crippen LogP contribution is -2.25. The average Bonchev–Trinajstić information content (AvgIpc) is 3.02. The summed E-state index contributed by atoms with van der Waals surface area (Å²) in [6, 6.07) is 8.00. The van der Waals surface area contributed by atoms with E-state index < -0.39 is 0 Å². The van der Waals surface area contributed by atoms with Gasteiger partial charge in [0, 0.05) is 17.1 Å². The molecule has 3 nitrogen and oxygen atoms in total. The van der Waals surface area contributed by atoms with Crippen LogP contribution in [0.1, 0.15) is 21.2 Å². The Bertz CT molecular complexity index is 855. The Kier molecular flexibility index (Phi) is 3.93. The van der Waals surface area contributed by atoms with Gasteiger partial charge in [-0.1, -0.05) is 11.6 Å². The maximum Gasteiger partial charge on any atom is 0.265 e. The number of rotatable bonds is 3. The highest BCUT2D eigenvalue weighted by Crippen LogP contribution is 2.36. The molecular weight excluding hydrogens is 325 g/mol. The molecular formula is C16H13ClFNO2S. The van der Waals surface area contributed by atoms with Gasteiger partial charge in [-0.05, 0) is 37.3 Å². The van der Waals surface area contributed by atoms with Crippen molar-refractivity contribution in [2.75, 3.05) is 7.05 Å². The van der Waals surface area contributed by atoms with Crippen molar-refractivity contribution in [3.8, 4) is 0 Å². The van der Waals surface area contributed by atoms with Gasteiger partial charge in [-0.3, -0.25) is 4.79 Å². The Balaban J connectivity index is 1.89. The molecule has 1 aromatic carbocycles. The van der Waals surface area contributed by atoms with Crippen molar-refractivity contribution in [1.29, 1.82) is 0 Å². The summed E-state index contributed by atoms with van der Waals surface area (Å²) in [5.74, 6) is 0.951. The number of amides is 1. The predicted molar refractivity (Wildman–Crippen MR) is 86.0 cm³/mol. The number of carbonyl (C=O) groups excluding carboxylic acids is 1. The zero-order chi connectivity index (χ0) is 15.9. The van der Waals surface area contributed by atoms with Crippen molar-refractivity contribution < 1.29 is 13.6 Å². The molecule has 22 heavy (non-hydrogen) atoms. The number of hydrogen-bond acceptors (Lipinski definition) is 3. The molecule has 6 heteroatoms. The summed E-state index contributed by atoms with van der Waals surface area (Å²) in [5, 5.41) is 1.06. The van der Waals surface area contributed by atoms with Gasteiger partial charge in [0.1, 0.15) is 22.2 Å². The number of aryl methyl sites for hydroxylation is 1. The first kappa shape index (κ1) is 15.1. The smallest absolute Gasteiger partial charge is 0.265 e. The van der Waals surface area contributed by atoms with Crippen molar-refractivity contribution >= 4 is 38.9 Å². The van der Waals surface area contributed by atoms with Crippen LogP contribution >= 0.6 is 22.9 Å². The van der Waals surface area contributed by atoms with Gasteiger partial charge < -0.3 is 9.32 Å². The van der Waals surface area contributed by atoms with Crippen LogP contribution in [-0.4, -0.2) is 17.9 Å². The number of nitrogens with zero attached hydrogens (tertiary/aromatic N) is 1. The first-order chi connectivity index (χ1) is 10.5. The SMILES string of the molecule is Cc1ccc(CN(C)C(=O)c2sc3cc(F)ccc3c2Cl)o1. The molecule has 0 aliphatic rings. The van der Waals surface area contributed by atoms with Crippen LogP contribution in [0.2, 0.25) is 5.02 Å². The maximum atomic E-state index is 13.3. The van der Waals surface area contributed by atoms with Crippen molar-refractivity contribution in [2.24, 2.45) is 0 Å². The number of fused-ring (bicyclic) bond motifs is 1. The fourth-order valence-electron chi connectivity index (χ4n) is 2.23. The van der Waals surface area contributed by atoms with E-state index in [0.29, 0.717) is 32.3 Å². The highest BCUT2D eigenvalue weighted by Gasteiger charge is 2.21. The summed E-state index contributed by atoms with van der Waals surface area (Å²) >= 11 is 7.47. The summed E-state index contributed by atoms with van der Waals surface area (Å²) in [6.45, 7) is 2.20. The molecule has 0 N–H and O–H groups in total. The first-order valence-electron chi connectivity index (χ1n) is 6.64. The normalized spacial score (nSPS) is 11.1. The summed E-state index contributed by atoms with van der Waals surface area (Å²) in [7, 11) is 1.68. The zero-order valence-corrected chi connectivity index (χ0v) is 13.6. The third-order valence-electron chi connectivity index (χ3n) is 3.32. The second kappa shape index (κ2) is 5.74. The van der Waals surface area contributed by atoms with Crippen LogP contribution in [0.15, 0.2) is 34.7 Å². The van der Waals surface area contributed by atoms with E-state index in [1.807, 2.05) is 19.1 Å². The lowest BCUT2D eigenvalue weighted by atomic mass is 10.2. The van der Waals surface area contributed by atoms with Crippen LogP contribution in [-0.2, 0) is 6.54 Å². The van der Waals surface area contributed by atoms with Crippen molar-refractivity contribution in [2.45, 2.75) is 13.5 Å². The highest BCUT2D eigenvalue weighted by molar-refractivity contribution is 7.21. The molecule has 0 radical (unpaired) electrons. The minimum absolute atomic E-state index is 0.208. The Labute approximate surface area is 135 Å². The molecule has 3 aromatic rings. The molecule has 2 aromatic heterocycles. The summed E-state index contributed by atoms with van der Waals surface area (Å²) in [4.78, 5) is 14.5. The van der Waals surface area contributed by atoms with E-state index in [2.05, 4.69) is 0 Å². The average molecular weight is 338 g/mol. The Hall–Kier alpha value is -1.85. The van der Waals surface area contributed by atoms with E-state index in [4.69, 9.17) is 16.0 Å². The summed E-state index contributed by atoms with van der Waals surface area (Å²) in [6.07, 6.45) is 0. The Morgan fingerprint density at radius 1 is 1.36 bits per heavy atom. The molecule has 1 amide bonds. The molecule has 0 atom stereocenters. The number of benzene rings is 1. The minimum Gasteiger partial charge on any atom is -0.464 e. The van der Waals surface area contributed by atoms with Gasteiger partial charge in [0.2, 0.25) is 0 Å². The molecule has 0 bridgehead atoms. The van der Waals surface area contributed by atoms with E-state index in [9.17, 15) is 9.18 Å². The quantitative estimate of drug-likeness (QED) is 0.683. The molecule has 2 heterocycles. The number of furan rings is 1. The van der Waals surface area contributed by atoms with Crippen LogP contribution in [0.3, 0.4) is 0 Å². The van der Waals surface area contributed by atoms with E-state index in [1.54, 1.807) is 13.1 Å².